The summed E-state index contributed by atoms with van der Waals surface area (Å²) in [5, 5.41) is 4.73. The highest BCUT2D eigenvalue weighted by molar-refractivity contribution is 6.12. The van der Waals surface area contributed by atoms with Crippen molar-refractivity contribution in [3.05, 3.63) is 231 Å². The summed E-state index contributed by atoms with van der Waals surface area (Å²) in [5.41, 5.74) is 14.7. The smallest absolute Gasteiger partial charge is 0.234 e. The third-order valence-corrected chi connectivity index (χ3v) is 12.1. The molecule has 0 unspecified atom stereocenters. The molecule has 0 aliphatic heterocycles. The van der Waals surface area contributed by atoms with Crippen molar-refractivity contribution < 1.29 is 4.74 Å². The average molecular weight is 807 g/mol. The van der Waals surface area contributed by atoms with Gasteiger partial charge in [-0.25, -0.2) is 9.97 Å². The second-order valence-corrected chi connectivity index (χ2v) is 15.9. The highest BCUT2D eigenvalue weighted by atomic mass is 16.5. The van der Waals surface area contributed by atoms with Gasteiger partial charge < -0.3 is 9.30 Å². The van der Waals surface area contributed by atoms with Crippen LogP contribution in [0.1, 0.15) is 0 Å². The summed E-state index contributed by atoms with van der Waals surface area (Å²) in [6, 6.07) is 76.8. The Hall–Kier alpha value is -8.54. The van der Waals surface area contributed by atoms with E-state index in [4.69, 9.17) is 14.7 Å². The van der Waals surface area contributed by atoms with E-state index in [-0.39, 0.29) is 0 Å². The van der Waals surface area contributed by atoms with Crippen LogP contribution < -0.4 is 4.74 Å². The second-order valence-electron chi connectivity index (χ2n) is 15.9. The van der Waals surface area contributed by atoms with Gasteiger partial charge in [-0.05, 0) is 112 Å². The minimum absolute atomic E-state index is 0.640. The molecule has 9 aromatic carbocycles. The molecule has 0 radical (unpaired) electrons. The lowest BCUT2D eigenvalue weighted by atomic mass is 9.99. The molecular formula is C58H38N4O. The number of fused-ring (bicyclic) bond motifs is 6. The molecular weight excluding hydrogens is 769 g/mol. The topological polar surface area (TPSA) is 44.9 Å². The normalized spacial score (nSPS) is 11.5. The van der Waals surface area contributed by atoms with Crippen LogP contribution in [0.4, 0.5) is 0 Å². The summed E-state index contributed by atoms with van der Waals surface area (Å²) >= 11 is 0. The molecule has 0 bridgehead atoms. The molecule has 0 spiro atoms. The molecule has 0 N–H and O–H groups in total. The van der Waals surface area contributed by atoms with Gasteiger partial charge in [-0.3, -0.25) is 4.57 Å². The van der Waals surface area contributed by atoms with Crippen LogP contribution in [0, 0.1) is 0 Å². The van der Waals surface area contributed by atoms with Gasteiger partial charge in [-0.2, -0.15) is 0 Å². The predicted molar refractivity (Wildman–Crippen MR) is 259 cm³/mol. The van der Waals surface area contributed by atoms with E-state index in [0.717, 1.165) is 72.3 Å². The van der Waals surface area contributed by atoms with Crippen LogP contribution in [0.25, 0.3) is 99.8 Å². The number of nitrogens with zero attached hydrogens (tertiary/aromatic N) is 4. The second kappa shape index (κ2) is 15.2. The Kier molecular flexibility index (Phi) is 8.75. The average Bonchev–Trinajstić information content (AvgIpc) is 3.87. The number of benzene rings is 9. The van der Waals surface area contributed by atoms with E-state index in [0.29, 0.717) is 5.95 Å². The summed E-state index contributed by atoms with van der Waals surface area (Å²) in [5.74, 6) is 2.26. The summed E-state index contributed by atoms with van der Waals surface area (Å²) < 4.78 is 10.6. The van der Waals surface area contributed by atoms with Gasteiger partial charge in [0.15, 0.2) is 0 Å². The van der Waals surface area contributed by atoms with Crippen LogP contribution >= 0.6 is 0 Å². The molecule has 0 saturated heterocycles. The van der Waals surface area contributed by atoms with Gasteiger partial charge >= 0.3 is 0 Å². The van der Waals surface area contributed by atoms with Crippen molar-refractivity contribution in [1.82, 2.24) is 19.1 Å². The molecule has 0 fully saturated rings. The van der Waals surface area contributed by atoms with Crippen LogP contribution in [-0.4, -0.2) is 19.1 Å². The van der Waals surface area contributed by atoms with Crippen molar-refractivity contribution in [1.29, 1.82) is 0 Å². The first kappa shape index (κ1) is 36.3. The highest BCUT2D eigenvalue weighted by Gasteiger charge is 2.17. The van der Waals surface area contributed by atoms with E-state index >= 15 is 0 Å². The fourth-order valence-corrected chi connectivity index (χ4v) is 9.01. The molecule has 3 aromatic heterocycles. The number of hydrogen-bond donors (Lipinski definition) is 0. The van der Waals surface area contributed by atoms with Gasteiger partial charge in [-0.15, -0.1) is 0 Å². The van der Waals surface area contributed by atoms with Crippen LogP contribution in [-0.2, 0) is 0 Å². The third-order valence-electron chi connectivity index (χ3n) is 12.1. The maximum Gasteiger partial charge on any atom is 0.234 e. The van der Waals surface area contributed by atoms with Crippen LogP contribution in [0.3, 0.4) is 0 Å². The number of hydrogen-bond acceptors (Lipinski definition) is 3. The minimum Gasteiger partial charge on any atom is -0.457 e. The van der Waals surface area contributed by atoms with Gasteiger partial charge in [0, 0.05) is 45.2 Å². The molecule has 296 valence electrons. The lowest BCUT2D eigenvalue weighted by Gasteiger charge is -2.10. The number of para-hydroxylation sites is 3. The first-order valence-electron chi connectivity index (χ1n) is 21.2. The molecule has 0 saturated carbocycles. The molecule has 5 heteroatoms. The molecule has 0 atom stereocenters. The van der Waals surface area contributed by atoms with E-state index < -0.39 is 0 Å². The Bertz CT molecular complexity index is 3590. The standard InChI is InChI=1S/C58H38N4O/c1-3-11-39(12-4-1)40-19-21-41(22-20-40)42-23-25-43(26-24-42)46-37-59-58(60-38-46)62-55-18-10-8-16-51(55)53-36-45(28-34-57(53)62)44-27-33-56-52(35-44)50-15-7-9-17-54(50)61(56)47-29-31-49(32-30-47)63-48-13-5-2-6-14-48/h1-38H. The fraction of sp³-hybridized carbons (Fsp3) is 0. The Morgan fingerprint density at radius 3 is 1.24 bits per heavy atom. The summed E-state index contributed by atoms with van der Waals surface area (Å²) in [7, 11) is 0. The van der Waals surface area contributed by atoms with Crippen molar-refractivity contribution in [2.75, 3.05) is 0 Å². The Balaban J connectivity index is 0.852. The van der Waals surface area contributed by atoms with Crippen LogP contribution in [0.2, 0.25) is 0 Å². The third kappa shape index (κ3) is 6.51. The highest BCUT2D eigenvalue weighted by Crippen LogP contribution is 2.38. The van der Waals surface area contributed by atoms with Gasteiger partial charge in [0.1, 0.15) is 11.5 Å². The number of aromatic nitrogens is 4. The van der Waals surface area contributed by atoms with Crippen molar-refractivity contribution in [3.8, 4) is 67.6 Å². The number of ether oxygens (including phenoxy) is 1. The van der Waals surface area contributed by atoms with Crippen molar-refractivity contribution in [3.63, 3.8) is 0 Å². The van der Waals surface area contributed by atoms with Crippen LogP contribution in [0.5, 0.6) is 11.5 Å². The van der Waals surface area contributed by atoms with E-state index in [1.54, 1.807) is 0 Å². The quantitative estimate of drug-likeness (QED) is 0.154. The van der Waals surface area contributed by atoms with Gasteiger partial charge in [-0.1, -0.05) is 146 Å². The van der Waals surface area contributed by atoms with E-state index in [2.05, 4.69) is 179 Å². The molecule has 0 amide bonds. The Morgan fingerprint density at radius 1 is 0.286 bits per heavy atom. The van der Waals surface area contributed by atoms with E-state index in [9.17, 15) is 0 Å². The molecule has 0 aliphatic rings. The summed E-state index contributed by atoms with van der Waals surface area (Å²) in [6.07, 6.45) is 3.86. The van der Waals surface area contributed by atoms with Crippen molar-refractivity contribution in [2.24, 2.45) is 0 Å². The van der Waals surface area contributed by atoms with Gasteiger partial charge in [0.25, 0.3) is 0 Å². The lowest BCUT2D eigenvalue weighted by molar-refractivity contribution is 0.482. The first-order valence-corrected chi connectivity index (χ1v) is 21.2. The molecule has 5 nitrogen and oxygen atoms in total. The Morgan fingerprint density at radius 2 is 0.683 bits per heavy atom. The monoisotopic (exact) mass is 806 g/mol. The van der Waals surface area contributed by atoms with Gasteiger partial charge in [0.2, 0.25) is 5.95 Å². The lowest BCUT2D eigenvalue weighted by Crippen LogP contribution is -2.00. The maximum atomic E-state index is 6.10. The zero-order valence-electron chi connectivity index (χ0n) is 34.1. The predicted octanol–water partition coefficient (Wildman–Crippen LogP) is 15.1. The number of rotatable bonds is 8. The zero-order chi connectivity index (χ0) is 41.7. The Labute approximate surface area is 364 Å². The van der Waals surface area contributed by atoms with Gasteiger partial charge in [0.05, 0.1) is 22.1 Å². The van der Waals surface area contributed by atoms with E-state index in [1.165, 1.54) is 33.0 Å². The summed E-state index contributed by atoms with van der Waals surface area (Å²) in [6.45, 7) is 0. The fourth-order valence-electron chi connectivity index (χ4n) is 9.01. The van der Waals surface area contributed by atoms with E-state index in [1.807, 2.05) is 60.9 Å². The zero-order valence-corrected chi connectivity index (χ0v) is 34.1. The first-order chi connectivity index (χ1) is 31.2. The largest absolute Gasteiger partial charge is 0.457 e. The molecule has 12 rings (SSSR count). The van der Waals surface area contributed by atoms with Crippen LogP contribution in [0.15, 0.2) is 231 Å². The molecule has 0 aliphatic carbocycles. The maximum absolute atomic E-state index is 6.10. The molecule has 12 aromatic rings. The molecule has 3 heterocycles. The van der Waals surface area contributed by atoms with Crippen molar-refractivity contribution in [2.45, 2.75) is 0 Å². The summed E-state index contributed by atoms with van der Waals surface area (Å²) in [4.78, 5) is 9.91. The minimum atomic E-state index is 0.640. The SMILES string of the molecule is c1ccc(Oc2ccc(-n3c4ccccc4c4cc(-c5ccc6c(c5)c5ccccc5n6-c5ncc(-c6ccc(-c7ccc(-c8ccccc8)cc7)cc6)cn5)ccc43)cc2)cc1. The van der Waals surface area contributed by atoms with Crippen molar-refractivity contribution >= 4 is 43.6 Å². The molecule has 63 heavy (non-hydrogen) atoms.